The van der Waals surface area contributed by atoms with Crippen molar-refractivity contribution in [1.82, 2.24) is 9.99 Å². The fraction of sp³-hybridized carbons (Fsp3) is 0.176. The minimum Gasteiger partial charge on any atom is -0.490 e. The number of hydrazone groups is 1. The maximum atomic E-state index is 12.7. The van der Waals surface area contributed by atoms with Crippen LogP contribution in [0.2, 0.25) is 15.1 Å². The second-order valence-electron chi connectivity index (χ2n) is 10.1. The van der Waals surface area contributed by atoms with E-state index in [1.807, 2.05) is 31.2 Å². The van der Waals surface area contributed by atoms with Crippen molar-refractivity contribution in [3.8, 4) is 22.9 Å². The number of carbonyl (C=O) groups excluding carboxylic acids is 1. The van der Waals surface area contributed by atoms with E-state index in [-0.39, 0.29) is 24.0 Å². The average molecular weight is 746 g/mol. The number of rotatable bonds is 12. The zero-order chi connectivity index (χ0) is 32.8. The second-order valence-corrected chi connectivity index (χ2v) is 12.1. The predicted octanol–water partition coefficient (Wildman–Crippen LogP) is 9.73. The van der Waals surface area contributed by atoms with E-state index < -0.39 is 5.91 Å². The molecule has 238 valence electrons. The van der Waals surface area contributed by atoms with Crippen LogP contribution in [0.5, 0.6) is 17.2 Å². The van der Waals surface area contributed by atoms with Gasteiger partial charge in [-0.25, -0.2) is 5.43 Å². The van der Waals surface area contributed by atoms with Crippen LogP contribution < -0.4 is 19.6 Å². The van der Waals surface area contributed by atoms with Crippen LogP contribution in [-0.2, 0) is 13.2 Å². The van der Waals surface area contributed by atoms with Crippen LogP contribution in [-0.4, -0.2) is 23.3 Å². The van der Waals surface area contributed by atoms with Crippen LogP contribution in [0.4, 0.5) is 0 Å². The number of hydrogen-bond donors (Lipinski definition) is 1. The van der Waals surface area contributed by atoms with Gasteiger partial charge in [-0.2, -0.15) is 5.10 Å². The van der Waals surface area contributed by atoms with E-state index in [1.165, 1.54) is 6.21 Å². The summed E-state index contributed by atoms with van der Waals surface area (Å²) in [6, 6.07) is 22.0. The van der Waals surface area contributed by atoms with Crippen molar-refractivity contribution < 1.29 is 23.4 Å². The summed E-state index contributed by atoms with van der Waals surface area (Å²) in [6.45, 7) is 6.64. The first-order chi connectivity index (χ1) is 22.1. The molecule has 5 rings (SSSR count). The number of benzene rings is 3. The summed E-state index contributed by atoms with van der Waals surface area (Å²) in [4.78, 5) is 12.7. The number of aryl methyl sites for hydroxylation is 2. The van der Waals surface area contributed by atoms with Crippen molar-refractivity contribution in [2.75, 3.05) is 6.61 Å². The Morgan fingerprint density at radius 2 is 1.67 bits per heavy atom. The second kappa shape index (κ2) is 15.1. The number of halogens is 4. The van der Waals surface area contributed by atoms with Gasteiger partial charge in [0.2, 0.25) is 0 Å². The number of furan rings is 1. The van der Waals surface area contributed by atoms with Crippen molar-refractivity contribution in [1.29, 1.82) is 0 Å². The van der Waals surface area contributed by atoms with E-state index in [0.29, 0.717) is 49.7 Å². The van der Waals surface area contributed by atoms with Gasteiger partial charge < -0.3 is 23.2 Å². The Kier molecular flexibility index (Phi) is 11.0. The molecule has 3 aromatic carbocycles. The molecule has 0 aliphatic heterocycles. The van der Waals surface area contributed by atoms with Crippen LogP contribution in [0.1, 0.15) is 45.8 Å². The molecular formula is C34H29BrCl3N3O5. The molecule has 0 unspecified atom stereocenters. The van der Waals surface area contributed by atoms with Gasteiger partial charge in [-0.3, -0.25) is 4.79 Å². The number of hydrogen-bond acceptors (Lipinski definition) is 6. The lowest BCUT2D eigenvalue weighted by Gasteiger charge is -2.16. The maximum Gasteiger partial charge on any atom is 0.307 e. The standard InChI is InChI=1S/C34H29BrCl3N3O5/c1-4-43-30-15-23(31(35)32(38)33(30)45-18-22-7-8-24(36)16-28(22)37)17-39-40-34(42)29-14-13-27(46-29)19-44-26-11-9-25(10-12-26)41-20(2)5-6-21(41)3/h5-17H,4,18-19H2,1-3H3,(H,40,42)/b39-17+. The van der Waals surface area contributed by atoms with E-state index in [0.717, 1.165) is 22.6 Å². The molecule has 5 aromatic rings. The Balaban J connectivity index is 1.19. The highest BCUT2D eigenvalue weighted by Gasteiger charge is 2.19. The Labute approximate surface area is 289 Å². The Morgan fingerprint density at radius 1 is 0.935 bits per heavy atom. The summed E-state index contributed by atoms with van der Waals surface area (Å²) in [6.07, 6.45) is 1.43. The van der Waals surface area contributed by atoms with Crippen LogP contribution >= 0.6 is 50.7 Å². The predicted molar refractivity (Wildman–Crippen MR) is 184 cm³/mol. The minimum absolute atomic E-state index is 0.0846. The van der Waals surface area contributed by atoms with Gasteiger partial charge in [0, 0.05) is 42.7 Å². The first kappa shape index (κ1) is 33.5. The minimum atomic E-state index is -0.531. The highest BCUT2D eigenvalue weighted by molar-refractivity contribution is 9.10. The highest BCUT2D eigenvalue weighted by Crippen LogP contribution is 2.43. The Hall–Kier alpha value is -3.89. The van der Waals surface area contributed by atoms with Gasteiger partial charge >= 0.3 is 5.91 Å². The molecular weight excluding hydrogens is 717 g/mol. The Bertz CT molecular complexity index is 1870. The fourth-order valence-corrected chi connectivity index (χ4v) is 5.72. The molecule has 1 N–H and O–H groups in total. The third-order valence-electron chi connectivity index (χ3n) is 6.85. The van der Waals surface area contributed by atoms with Crippen LogP contribution in [0.25, 0.3) is 5.69 Å². The van der Waals surface area contributed by atoms with Crippen molar-refractivity contribution in [3.63, 3.8) is 0 Å². The third kappa shape index (κ3) is 7.90. The van der Waals surface area contributed by atoms with Crippen LogP contribution in [0, 0.1) is 13.8 Å². The lowest BCUT2D eigenvalue weighted by Crippen LogP contribution is -2.16. The van der Waals surface area contributed by atoms with Gasteiger partial charge in [0.1, 0.15) is 29.7 Å². The number of aromatic nitrogens is 1. The molecule has 12 heteroatoms. The van der Waals surface area contributed by atoms with E-state index in [1.54, 1.807) is 36.4 Å². The quantitative estimate of drug-likeness (QED) is 0.102. The van der Waals surface area contributed by atoms with Crippen molar-refractivity contribution in [2.24, 2.45) is 5.10 Å². The SMILES string of the molecule is CCOc1cc(/C=N/NC(=O)c2ccc(COc3ccc(-n4c(C)ccc4C)cc3)o2)c(Br)c(Cl)c1OCc1ccc(Cl)cc1Cl. The normalized spacial score (nSPS) is 11.2. The molecule has 8 nitrogen and oxygen atoms in total. The van der Waals surface area contributed by atoms with Crippen LogP contribution in [0.15, 0.2) is 86.8 Å². The molecule has 2 heterocycles. The molecule has 0 radical (unpaired) electrons. The molecule has 0 saturated carbocycles. The summed E-state index contributed by atoms with van der Waals surface area (Å²) in [7, 11) is 0. The van der Waals surface area contributed by atoms with Gasteiger partial charge in [0.25, 0.3) is 0 Å². The molecule has 0 saturated heterocycles. The third-order valence-corrected chi connectivity index (χ3v) is 8.88. The monoisotopic (exact) mass is 743 g/mol. The van der Waals surface area contributed by atoms with Gasteiger partial charge in [-0.15, -0.1) is 0 Å². The van der Waals surface area contributed by atoms with E-state index in [4.69, 9.17) is 53.4 Å². The lowest BCUT2D eigenvalue weighted by atomic mass is 10.2. The number of nitrogens with one attached hydrogen (secondary N) is 1. The summed E-state index contributed by atoms with van der Waals surface area (Å²) >= 11 is 22.4. The first-order valence-electron chi connectivity index (χ1n) is 14.2. The average Bonchev–Trinajstić information content (AvgIpc) is 3.65. The zero-order valence-corrected chi connectivity index (χ0v) is 28.9. The molecule has 0 fully saturated rings. The van der Waals surface area contributed by atoms with E-state index in [9.17, 15) is 4.79 Å². The van der Waals surface area contributed by atoms with Crippen LogP contribution in [0.3, 0.4) is 0 Å². The summed E-state index contributed by atoms with van der Waals surface area (Å²) in [5, 5.41) is 5.34. The summed E-state index contributed by atoms with van der Waals surface area (Å²) in [5.74, 6) is 1.45. The van der Waals surface area contributed by atoms with E-state index >= 15 is 0 Å². The van der Waals surface area contributed by atoms with Gasteiger partial charge in [0.15, 0.2) is 17.3 Å². The molecule has 0 atom stereocenters. The maximum absolute atomic E-state index is 12.7. The fourth-order valence-electron chi connectivity index (χ4n) is 4.60. The smallest absolute Gasteiger partial charge is 0.307 e. The molecule has 1 amide bonds. The Morgan fingerprint density at radius 3 is 2.37 bits per heavy atom. The van der Waals surface area contributed by atoms with Gasteiger partial charge in [0.05, 0.1) is 12.8 Å². The number of carbonyl (C=O) groups is 1. The van der Waals surface area contributed by atoms with Crippen molar-refractivity contribution in [3.05, 3.63) is 126 Å². The van der Waals surface area contributed by atoms with E-state index in [2.05, 4.69) is 57.0 Å². The molecule has 0 aliphatic carbocycles. The zero-order valence-electron chi connectivity index (χ0n) is 25.1. The lowest BCUT2D eigenvalue weighted by molar-refractivity contribution is 0.0923. The summed E-state index contributed by atoms with van der Waals surface area (Å²) < 4.78 is 26.0. The van der Waals surface area contributed by atoms with Crippen molar-refractivity contribution in [2.45, 2.75) is 34.0 Å². The largest absolute Gasteiger partial charge is 0.490 e. The highest BCUT2D eigenvalue weighted by atomic mass is 79.9. The molecule has 46 heavy (non-hydrogen) atoms. The number of ether oxygens (including phenoxy) is 3. The summed E-state index contributed by atoms with van der Waals surface area (Å²) in [5.41, 5.74) is 7.11. The molecule has 0 aliphatic rings. The topological polar surface area (TPSA) is 87.2 Å². The molecule has 0 spiro atoms. The molecule has 0 bridgehead atoms. The van der Waals surface area contributed by atoms with Crippen molar-refractivity contribution >= 4 is 62.9 Å². The first-order valence-corrected chi connectivity index (χ1v) is 16.1. The number of nitrogens with zero attached hydrogens (tertiary/aromatic N) is 2. The van der Waals surface area contributed by atoms with Gasteiger partial charge in [-0.1, -0.05) is 40.9 Å². The molecule has 2 aromatic heterocycles. The van der Waals surface area contributed by atoms with Gasteiger partial charge in [-0.05, 0) is 103 Å². The number of amides is 1.